The van der Waals surface area contributed by atoms with Gasteiger partial charge in [-0.25, -0.2) is 19.2 Å². The summed E-state index contributed by atoms with van der Waals surface area (Å²) in [6, 6.07) is 2.56. The molecule has 1 amide bonds. The molecule has 0 aliphatic rings. The quantitative estimate of drug-likeness (QED) is 0.272. The van der Waals surface area contributed by atoms with Gasteiger partial charge in [0, 0.05) is 6.20 Å². The van der Waals surface area contributed by atoms with Crippen LogP contribution in [0.4, 0.5) is 20.3 Å². The van der Waals surface area contributed by atoms with Gasteiger partial charge < -0.3 is 5.32 Å². The molecular weight excluding hydrogens is 350 g/mol. The zero-order valence-electron chi connectivity index (χ0n) is 13.2. The van der Waals surface area contributed by atoms with Gasteiger partial charge in [0.05, 0.1) is 22.9 Å². The van der Waals surface area contributed by atoms with Crippen molar-refractivity contribution < 1.29 is 18.4 Å². The molecule has 2 aromatic rings. The molecule has 25 heavy (non-hydrogen) atoms. The topological polar surface area (TPSA) is 63.2 Å². The number of aryl methyl sites for hydroxylation is 1. The second kappa shape index (κ2) is 8.09. The molecule has 0 saturated carbocycles. The van der Waals surface area contributed by atoms with Crippen LogP contribution in [0.25, 0.3) is 0 Å². The van der Waals surface area contributed by atoms with Crippen LogP contribution >= 0.6 is 11.6 Å². The van der Waals surface area contributed by atoms with Crippen LogP contribution in [0.5, 0.6) is 0 Å². The first kappa shape index (κ1) is 18.9. The van der Waals surface area contributed by atoms with Gasteiger partial charge in [-0.3, -0.25) is 9.63 Å². The van der Waals surface area contributed by atoms with E-state index in [1.54, 1.807) is 13.0 Å². The Morgan fingerprint density at radius 3 is 2.80 bits per heavy atom. The van der Waals surface area contributed by atoms with Crippen LogP contribution in [-0.4, -0.2) is 25.3 Å². The Hall–Kier alpha value is -2.45. The van der Waals surface area contributed by atoms with Crippen molar-refractivity contribution in [1.29, 1.82) is 0 Å². The van der Waals surface area contributed by atoms with E-state index >= 15 is 0 Å². The molecule has 0 atom stereocenters. The van der Waals surface area contributed by atoms with Gasteiger partial charge in [0.1, 0.15) is 13.7 Å². The summed E-state index contributed by atoms with van der Waals surface area (Å²) in [6.07, 6.45) is 2.88. The summed E-state index contributed by atoms with van der Waals surface area (Å²) >= 11 is 5.63. The number of halogens is 3. The molecule has 5 nitrogen and oxygen atoms in total. The first-order valence-corrected chi connectivity index (χ1v) is 7.42. The van der Waals surface area contributed by atoms with Crippen molar-refractivity contribution >= 4 is 42.3 Å². The number of hydrogen-bond donors (Lipinski definition) is 2. The van der Waals surface area contributed by atoms with Crippen LogP contribution in [0.1, 0.15) is 15.9 Å². The lowest BCUT2D eigenvalue weighted by Crippen LogP contribution is -2.25. The van der Waals surface area contributed by atoms with Crippen molar-refractivity contribution in [2.75, 3.05) is 11.9 Å². The molecule has 0 aliphatic carbocycles. The van der Waals surface area contributed by atoms with Crippen LogP contribution < -0.4 is 16.3 Å². The Bertz CT molecular complexity index is 834. The molecule has 0 bridgehead atoms. The fourth-order valence-corrected chi connectivity index (χ4v) is 2.12. The van der Waals surface area contributed by atoms with Crippen molar-refractivity contribution in [3.63, 3.8) is 0 Å². The van der Waals surface area contributed by atoms with E-state index in [9.17, 15) is 13.6 Å². The lowest BCUT2D eigenvalue weighted by Gasteiger charge is -2.15. The predicted octanol–water partition coefficient (Wildman–Crippen LogP) is 2.71. The minimum absolute atomic E-state index is 0.0262. The van der Waals surface area contributed by atoms with Crippen LogP contribution in [0.2, 0.25) is 5.02 Å². The predicted molar refractivity (Wildman–Crippen MR) is 92.6 cm³/mol. The molecule has 2 N–H and O–H groups in total. The van der Waals surface area contributed by atoms with E-state index in [4.69, 9.17) is 24.3 Å². The number of rotatable bonds is 6. The Balaban J connectivity index is 2.45. The van der Waals surface area contributed by atoms with Crippen molar-refractivity contribution in [1.82, 2.24) is 10.5 Å². The first-order valence-electron chi connectivity index (χ1n) is 7.04. The minimum atomic E-state index is -1.34. The van der Waals surface area contributed by atoms with E-state index in [-0.39, 0.29) is 23.5 Å². The summed E-state index contributed by atoms with van der Waals surface area (Å²) in [5, 5.41) is 1.98. The normalized spacial score (nSPS) is 10.4. The van der Waals surface area contributed by atoms with E-state index < -0.39 is 28.3 Å². The molecule has 128 valence electrons. The Morgan fingerprint density at radius 2 is 2.16 bits per heavy atom. The standard InChI is InChI=1S/C16H13BClF2N3O2/c1-3-4-25-23-16(24)9-6-11(18)12(19)13(20)14(9)22-15-10(17)5-8(2)7-21-15/h3,5-7H,1,4H2,2H3,(H,21,22)(H,23,24). The highest BCUT2D eigenvalue weighted by atomic mass is 35.5. The molecule has 9 heteroatoms. The van der Waals surface area contributed by atoms with Gasteiger partial charge in [0.25, 0.3) is 5.91 Å². The van der Waals surface area contributed by atoms with E-state index in [0.29, 0.717) is 0 Å². The van der Waals surface area contributed by atoms with Crippen molar-refractivity contribution in [3.8, 4) is 0 Å². The maximum atomic E-state index is 14.3. The van der Waals surface area contributed by atoms with Crippen LogP contribution in [-0.2, 0) is 4.84 Å². The fourth-order valence-electron chi connectivity index (χ4n) is 1.93. The van der Waals surface area contributed by atoms with Crippen molar-refractivity contribution in [2.24, 2.45) is 0 Å². The van der Waals surface area contributed by atoms with Crippen LogP contribution in [0.15, 0.2) is 31.0 Å². The summed E-state index contributed by atoms with van der Waals surface area (Å²) in [6.45, 7) is 5.21. The molecule has 1 aromatic heterocycles. The van der Waals surface area contributed by atoms with E-state index in [1.807, 2.05) is 0 Å². The summed E-state index contributed by atoms with van der Waals surface area (Å²) in [5.41, 5.74) is 2.30. The number of carbonyl (C=O) groups excluding carboxylic acids is 1. The number of pyridine rings is 1. The molecule has 0 aliphatic heterocycles. The number of amides is 1. The van der Waals surface area contributed by atoms with Gasteiger partial charge in [-0.15, -0.1) is 6.58 Å². The zero-order chi connectivity index (χ0) is 18.6. The molecule has 2 rings (SSSR count). The lowest BCUT2D eigenvalue weighted by molar-refractivity contribution is 0.0422. The monoisotopic (exact) mass is 363 g/mol. The maximum absolute atomic E-state index is 14.3. The molecule has 0 spiro atoms. The molecule has 0 fully saturated rings. The molecular formula is C16H13BClF2N3O2. The largest absolute Gasteiger partial charge is 0.338 e. The Morgan fingerprint density at radius 1 is 1.44 bits per heavy atom. The number of anilines is 2. The number of nitrogens with one attached hydrogen (secondary N) is 2. The number of carbonyl (C=O) groups is 1. The van der Waals surface area contributed by atoms with Crippen LogP contribution in [0, 0.1) is 18.6 Å². The number of nitrogens with zero attached hydrogens (tertiary/aromatic N) is 1. The van der Waals surface area contributed by atoms with E-state index in [2.05, 4.69) is 22.4 Å². The summed E-state index contributed by atoms with van der Waals surface area (Å²) in [5.74, 6) is -3.43. The maximum Gasteiger partial charge on any atom is 0.277 e. The second-order valence-electron chi connectivity index (χ2n) is 5.02. The van der Waals surface area contributed by atoms with Gasteiger partial charge in [-0.1, -0.05) is 29.2 Å². The third kappa shape index (κ3) is 4.34. The van der Waals surface area contributed by atoms with Gasteiger partial charge in [-0.05, 0) is 18.6 Å². The number of hydrogen-bond acceptors (Lipinski definition) is 4. The van der Waals surface area contributed by atoms with Crippen LogP contribution in [0.3, 0.4) is 0 Å². The second-order valence-corrected chi connectivity index (χ2v) is 5.42. The molecule has 1 aromatic carbocycles. The Kier molecular flexibility index (Phi) is 6.11. The summed E-state index contributed by atoms with van der Waals surface area (Å²) in [7, 11) is 5.81. The lowest BCUT2D eigenvalue weighted by atomic mass is 9.95. The highest BCUT2D eigenvalue weighted by Crippen LogP contribution is 2.30. The number of benzene rings is 1. The first-order chi connectivity index (χ1) is 11.8. The van der Waals surface area contributed by atoms with E-state index in [1.165, 1.54) is 12.3 Å². The van der Waals surface area contributed by atoms with Crippen molar-refractivity contribution in [3.05, 3.63) is 58.8 Å². The highest BCUT2D eigenvalue weighted by Gasteiger charge is 2.23. The van der Waals surface area contributed by atoms with Crippen molar-refractivity contribution in [2.45, 2.75) is 6.92 Å². The van der Waals surface area contributed by atoms with Gasteiger partial charge in [0.2, 0.25) is 0 Å². The number of hydroxylamine groups is 1. The van der Waals surface area contributed by atoms with Gasteiger partial charge in [0.15, 0.2) is 11.6 Å². The zero-order valence-corrected chi connectivity index (χ0v) is 14.0. The third-order valence-corrected chi connectivity index (χ3v) is 3.35. The number of aromatic nitrogens is 1. The highest BCUT2D eigenvalue weighted by molar-refractivity contribution is 6.35. The average molecular weight is 364 g/mol. The fraction of sp³-hybridized carbons (Fsp3) is 0.125. The molecule has 1 heterocycles. The molecule has 0 unspecified atom stereocenters. The smallest absolute Gasteiger partial charge is 0.277 e. The van der Waals surface area contributed by atoms with Gasteiger partial charge >= 0.3 is 0 Å². The Labute approximate surface area is 149 Å². The average Bonchev–Trinajstić information content (AvgIpc) is 2.57. The molecule has 0 saturated heterocycles. The third-order valence-electron chi connectivity index (χ3n) is 3.07. The minimum Gasteiger partial charge on any atom is -0.338 e. The summed E-state index contributed by atoms with van der Waals surface area (Å²) in [4.78, 5) is 21.0. The summed E-state index contributed by atoms with van der Waals surface area (Å²) < 4.78 is 28.2. The van der Waals surface area contributed by atoms with E-state index in [0.717, 1.165) is 11.6 Å². The molecule has 2 radical (unpaired) electrons. The SMILES string of the molecule is [B]c1cc(C)cnc1Nc1c(C(=O)NOCC=C)cc(Cl)c(F)c1F. The van der Waals surface area contributed by atoms with Gasteiger partial charge in [-0.2, -0.15) is 0 Å².